The highest BCUT2D eigenvalue weighted by Crippen LogP contribution is 2.33. The van der Waals surface area contributed by atoms with Crippen LogP contribution in [-0.2, 0) is 0 Å². The van der Waals surface area contributed by atoms with Gasteiger partial charge in [0.25, 0.3) is 11.5 Å². The zero-order valence-electron chi connectivity index (χ0n) is 20.2. The minimum Gasteiger partial charge on any atom is -0.493 e. The number of anilines is 1. The van der Waals surface area contributed by atoms with Gasteiger partial charge < -0.3 is 19.3 Å². The lowest BCUT2D eigenvalue weighted by atomic mass is 10.0. The largest absolute Gasteiger partial charge is 0.493 e. The van der Waals surface area contributed by atoms with Crippen LogP contribution in [0, 0.1) is 0 Å². The summed E-state index contributed by atoms with van der Waals surface area (Å²) in [6.07, 6.45) is 5.92. The molecule has 8 heteroatoms. The Labute approximate surface area is 206 Å². The highest BCUT2D eigenvalue weighted by atomic mass is 35.5. The molecule has 2 aromatic carbocycles. The molecule has 0 radical (unpaired) electrons. The van der Waals surface area contributed by atoms with Crippen LogP contribution >= 0.6 is 12.4 Å². The molecule has 3 aromatic rings. The van der Waals surface area contributed by atoms with Gasteiger partial charge in [-0.1, -0.05) is 18.9 Å². The van der Waals surface area contributed by atoms with Gasteiger partial charge in [0.05, 0.1) is 30.9 Å². The Morgan fingerprint density at radius 1 is 0.912 bits per heavy atom. The van der Waals surface area contributed by atoms with Crippen molar-refractivity contribution in [2.24, 2.45) is 0 Å². The molecular formula is C26H32ClN3O4. The van der Waals surface area contributed by atoms with Crippen LogP contribution in [0.2, 0.25) is 0 Å². The van der Waals surface area contributed by atoms with Crippen molar-refractivity contribution in [3.63, 3.8) is 0 Å². The molecule has 0 bridgehead atoms. The number of rotatable bonds is 5. The van der Waals surface area contributed by atoms with E-state index in [2.05, 4.69) is 0 Å². The van der Waals surface area contributed by atoms with Gasteiger partial charge in [0.2, 0.25) is 0 Å². The first-order valence-electron chi connectivity index (χ1n) is 11.3. The third-order valence-electron chi connectivity index (χ3n) is 6.27. The molecule has 2 heterocycles. The normalized spacial score (nSPS) is 13.7. The van der Waals surface area contributed by atoms with Gasteiger partial charge in [0, 0.05) is 44.5 Å². The molecule has 0 aliphatic carbocycles. The van der Waals surface area contributed by atoms with E-state index in [1.54, 1.807) is 30.0 Å². The van der Waals surface area contributed by atoms with E-state index in [0.29, 0.717) is 33.5 Å². The number of halogens is 1. The van der Waals surface area contributed by atoms with Crippen molar-refractivity contribution in [1.82, 2.24) is 9.47 Å². The highest BCUT2D eigenvalue weighted by molar-refractivity contribution is 6.07. The van der Waals surface area contributed by atoms with Gasteiger partial charge in [-0.05, 0) is 43.2 Å². The van der Waals surface area contributed by atoms with Crippen molar-refractivity contribution in [1.29, 1.82) is 0 Å². The topological polar surface area (TPSA) is 64.0 Å². The number of methoxy groups -OCH3 is 2. The first-order chi connectivity index (χ1) is 15.9. The zero-order valence-corrected chi connectivity index (χ0v) is 21.0. The summed E-state index contributed by atoms with van der Waals surface area (Å²) in [4.78, 5) is 31.2. The molecule has 0 saturated carbocycles. The number of fused-ring (bicyclic) bond motifs is 1. The Morgan fingerprint density at radius 2 is 1.53 bits per heavy atom. The van der Waals surface area contributed by atoms with E-state index in [1.807, 2.05) is 48.2 Å². The number of hydrogen-bond donors (Lipinski definition) is 0. The number of carbonyl (C=O) groups is 1. The second-order valence-corrected chi connectivity index (χ2v) is 8.59. The number of hydrogen-bond acceptors (Lipinski definition) is 5. The molecule has 1 aliphatic heterocycles. The molecule has 1 fully saturated rings. The number of aromatic nitrogens is 1. The number of nitrogens with zero attached hydrogens (tertiary/aromatic N) is 3. The summed E-state index contributed by atoms with van der Waals surface area (Å²) in [6.45, 7) is 1.45. The Balaban J connectivity index is 0.00000324. The predicted molar refractivity (Wildman–Crippen MR) is 139 cm³/mol. The molecule has 7 nitrogen and oxygen atoms in total. The van der Waals surface area contributed by atoms with Gasteiger partial charge in [-0.3, -0.25) is 14.2 Å². The van der Waals surface area contributed by atoms with Crippen molar-refractivity contribution in [2.45, 2.75) is 25.7 Å². The first-order valence-corrected chi connectivity index (χ1v) is 11.3. The molecule has 4 rings (SSSR count). The standard InChI is InChI=1S/C26H31N3O4.ClH/c1-27(2)18-10-9-11-19(14-18)29-17-22(25(30)28-12-7-5-6-8-13-28)20-15-23(32-3)24(33-4)16-21(20)26(29)31;/h9-11,14-17H,5-8,12-13H2,1-4H3;1H. The minimum absolute atomic E-state index is 0. The molecule has 1 saturated heterocycles. The fourth-order valence-corrected chi connectivity index (χ4v) is 4.39. The maximum absolute atomic E-state index is 13.7. The van der Waals surface area contributed by atoms with Crippen molar-refractivity contribution in [3.8, 4) is 17.2 Å². The quantitative estimate of drug-likeness (QED) is 0.532. The van der Waals surface area contributed by atoms with E-state index < -0.39 is 0 Å². The maximum Gasteiger partial charge on any atom is 0.263 e. The van der Waals surface area contributed by atoms with Gasteiger partial charge in [0.1, 0.15) is 0 Å². The first kappa shape index (κ1) is 25.4. The summed E-state index contributed by atoms with van der Waals surface area (Å²) in [5.41, 5.74) is 1.94. The monoisotopic (exact) mass is 485 g/mol. The Hall–Kier alpha value is -3.19. The smallest absolute Gasteiger partial charge is 0.263 e. The van der Waals surface area contributed by atoms with E-state index in [-0.39, 0.29) is 23.9 Å². The summed E-state index contributed by atoms with van der Waals surface area (Å²) in [6, 6.07) is 11.1. The van der Waals surface area contributed by atoms with Gasteiger partial charge >= 0.3 is 0 Å². The second-order valence-electron chi connectivity index (χ2n) is 8.59. The lowest BCUT2D eigenvalue weighted by molar-refractivity contribution is 0.0763. The van der Waals surface area contributed by atoms with Crippen LogP contribution in [0.25, 0.3) is 16.5 Å². The van der Waals surface area contributed by atoms with Crippen LogP contribution in [0.5, 0.6) is 11.5 Å². The van der Waals surface area contributed by atoms with Crippen molar-refractivity contribution in [3.05, 3.63) is 58.5 Å². The average Bonchev–Trinajstić information content (AvgIpc) is 3.13. The Kier molecular flexibility index (Phi) is 8.10. The van der Waals surface area contributed by atoms with E-state index in [1.165, 1.54) is 7.11 Å². The van der Waals surface area contributed by atoms with Crippen LogP contribution in [0.4, 0.5) is 5.69 Å². The van der Waals surface area contributed by atoms with Crippen LogP contribution in [0.1, 0.15) is 36.0 Å². The summed E-state index contributed by atoms with van der Waals surface area (Å²) in [7, 11) is 6.99. The SMILES string of the molecule is COc1cc2c(C(=O)N3CCCCCC3)cn(-c3cccc(N(C)C)c3)c(=O)c2cc1OC.Cl. The van der Waals surface area contributed by atoms with Gasteiger partial charge in [-0.15, -0.1) is 12.4 Å². The van der Waals surface area contributed by atoms with E-state index in [0.717, 1.165) is 44.5 Å². The van der Waals surface area contributed by atoms with Crippen molar-refractivity contribution in [2.75, 3.05) is 46.3 Å². The van der Waals surface area contributed by atoms with E-state index >= 15 is 0 Å². The molecule has 1 aliphatic rings. The average molecular weight is 486 g/mol. The lowest BCUT2D eigenvalue weighted by Crippen LogP contribution is -2.33. The lowest BCUT2D eigenvalue weighted by Gasteiger charge is -2.22. The maximum atomic E-state index is 13.7. The number of carbonyl (C=O) groups excluding carboxylic acids is 1. The number of amides is 1. The van der Waals surface area contributed by atoms with Gasteiger partial charge in [0.15, 0.2) is 11.5 Å². The summed E-state index contributed by atoms with van der Waals surface area (Å²) < 4.78 is 12.5. The van der Waals surface area contributed by atoms with Crippen LogP contribution in [-0.4, -0.2) is 56.8 Å². The number of ether oxygens (including phenoxy) is 2. The zero-order chi connectivity index (χ0) is 23.5. The van der Waals surface area contributed by atoms with E-state index in [4.69, 9.17) is 9.47 Å². The molecule has 0 spiro atoms. The summed E-state index contributed by atoms with van der Waals surface area (Å²) >= 11 is 0. The molecule has 0 atom stereocenters. The van der Waals surface area contributed by atoms with Crippen molar-refractivity contribution < 1.29 is 14.3 Å². The molecule has 0 N–H and O–H groups in total. The van der Waals surface area contributed by atoms with Crippen molar-refractivity contribution >= 4 is 34.8 Å². The Bertz CT molecular complexity index is 1230. The number of likely N-dealkylation sites (tertiary alicyclic amines) is 1. The van der Waals surface area contributed by atoms with Crippen LogP contribution in [0.3, 0.4) is 0 Å². The van der Waals surface area contributed by atoms with E-state index in [9.17, 15) is 9.59 Å². The summed E-state index contributed by atoms with van der Waals surface area (Å²) in [5, 5.41) is 0.996. The molecule has 1 amide bonds. The predicted octanol–water partition coefficient (Wildman–Crippen LogP) is 4.51. The van der Waals surface area contributed by atoms with Gasteiger partial charge in [-0.2, -0.15) is 0 Å². The van der Waals surface area contributed by atoms with Gasteiger partial charge in [-0.25, -0.2) is 0 Å². The Morgan fingerprint density at radius 3 is 2.12 bits per heavy atom. The molecule has 0 unspecified atom stereocenters. The number of benzene rings is 2. The van der Waals surface area contributed by atoms with Crippen LogP contribution < -0.4 is 19.9 Å². The molecular weight excluding hydrogens is 454 g/mol. The minimum atomic E-state index is -0.214. The molecule has 182 valence electrons. The third kappa shape index (κ3) is 4.85. The third-order valence-corrected chi connectivity index (χ3v) is 6.27. The second kappa shape index (κ2) is 10.8. The fourth-order valence-electron chi connectivity index (χ4n) is 4.39. The fraction of sp³-hybridized carbons (Fsp3) is 0.385. The molecule has 34 heavy (non-hydrogen) atoms. The molecule has 1 aromatic heterocycles. The summed E-state index contributed by atoms with van der Waals surface area (Å²) in [5.74, 6) is 0.878. The highest BCUT2D eigenvalue weighted by Gasteiger charge is 2.23. The van der Waals surface area contributed by atoms with Crippen LogP contribution in [0.15, 0.2) is 47.4 Å². The number of pyridine rings is 1.